The molecule has 2 aromatic heterocycles. The minimum absolute atomic E-state index is 0.0483. The maximum absolute atomic E-state index is 12.6. The summed E-state index contributed by atoms with van der Waals surface area (Å²) < 4.78 is 5.47. The number of hydrogen-bond acceptors (Lipinski definition) is 8. The lowest BCUT2D eigenvalue weighted by Gasteiger charge is -2.10. The van der Waals surface area contributed by atoms with Crippen LogP contribution in [-0.2, 0) is 11.3 Å². The predicted molar refractivity (Wildman–Crippen MR) is 125 cm³/mol. The average Bonchev–Trinajstić information content (AvgIpc) is 3.37. The number of carbonyl (C=O) groups excluding carboxylic acids is 3. The lowest BCUT2D eigenvalue weighted by Crippen LogP contribution is -2.29. The molecule has 3 amide bonds. The lowest BCUT2D eigenvalue weighted by molar-refractivity contribution is -0.111. The third-order valence-electron chi connectivity index (χ3n) is 5.24. The zero-order valence-corrected chi connectivity index (χ0v) is 18.6. The van der Waals surface area contributed by atoms with Crippen LogP contribution in [0.3, 0.4) is 0 Å². The van der Waals surface area contributed by atoms with Gasteiger partial charge in [-0.05, 0) is 37.3 Å². The number of amides is 3. The van der Waals surface area contributed by atoms with Crippen molar-refractivity contribution < 1.29 is 18.8 Å². The van der Waals surface area contributed by atoms with Crippen molar-refractivity contribution in [2.75, 3.05) is 5.32 Å². The molecule has 3 heterocycles. The van der Waals surface area contributed by atoms with Crippen molar-refractivity contribution in [3.05, 3.63) is 92.3 Å². The molecule has 2 aromatic carbocycles. The molecule has 1 aliphatic rings. The van der Waals surface area contributed by atoms with E-state index in [-0.39, 0.29) is 22.7 Å². The lowest BCUT2D eigenvalue weighted by atomic mass is 10.1. The average molecular weight is 472 g/mol. The smallest absolute Gasteiger partial charge is 0.261 e. The molecule has 0 bridgehead atoms. The topological polar surface area (TPSA) is 122 Å². The molecule has 0 fully saturated rings. The van der Waals surface area contributed by atoms with Crippen LogP contribution in [0.2, 0.25) is 0 Å². The molecule has 168 valence electrons. The van der Waals surface area contributed by atoms with Crippen LogP contribution in [0.5, 0.6) is 0 Å². The summed E-state index contributed by atoms with van der Waals surface area (Å²) in [7, 11) is 0. The van der Waals surface area contributed by atoms with Gasteiger partial charge >= 0.3 is 0 Å². The van der Waals surface area contributed by atoms with Gasteiger partial charge in [-0.1, -0.05) is 35.1 Å². The highest BCUT2D eigenvalue weighted by Crippen LogP contribution is 2.26. The summed E-state index contributed by atoms with van der Waals surface area (Å²) in [5.41, 5.74) is 2.08. The number of benzene rings is 2. The highest BCUT2D eigenvalue weighted by Gasteiger charge is 2.35. The van der Waals surface area contributed by atoms with Crippen molar-refractivity contribution in [3.63, 3.8) is 0 Å². The van der Waals surface area contributed by atoms with Crippen molar-refractivity contribution in [1.29, 1.82) is 0 Å². The van der Waals surface area contributed by atoms with E-state index in [2.05, 4.69) is 15.5 Å². The number of aromatic nitrogens is 2. The summed E-state index contributed by atoms with van der Waals surface area (Å²) in [6.07, 6.45) is 3.86. The molecule has 34 heavy (non-hydrogen) atoms. The Morgan fingerprint density at radius 2 is 1.82 bits per heavy atom. The molecule has 0 spiro atoms. The molecular weight excluding hydrogens is 456 g/mol. The van der Waals surface area contributed by atoms with Crippen molar-refractivity contribution in [2.24, 2.45) is 0 Å². The summed E-state index contributed by atoms with van der Waals surface area (Å²) in [5.74, 6) is -1.31. The second-order valence-electron chi connectivity index (χ2n) is 7.59. The molecule has 9 nitrogen and oxygen atoms in total. The number of rotatable bonds is 5. The van der Waals surface area contributed by atoms with Crippen LogP contribution in [0.15, 0.2) is 64.0 Å². The van der Waals surface area contributed by atoms with Gasteiger partial charge in [-0.2, -0.15) is 0 Å². The standard InChI is InChI=1S/C24H16N4O5S/c1-13-6-8-18-17(10-13)21(30)14(12-33-18)7-9-19(29)25-24-27-26-20(34-24)11-28-22(31)15-4-2-3-5-16(15)23(28)32/h2-10,12H,11H2,1H3,(H,25,27,29)/b9-7+. The van der Waals surface area contributed by atoms with Gasteiger partial charge in [0.1, 0.15) is 16.9 Å². The fourth-order valence-corrected chi connectivity index (χ4v) is 4.31. The molecule has 0 saturated carbocycles. The van der Waals surface area contributed by atoms with E-state index in [9.17, 15) is 19.2 Å². The zero-order chi connectivity index (χ0) is 23.8. The van der Waals surface area contributed by atoms with E-state index in [1.54, 1.807) is 36.4 Å². The molecule has 0 radical (unpaired) electrons. The van der Waals surface area contributed by atoms with E-state index in [1.807, 2.05) is 13.0 Å². The number of anilines is 1. The molecule has 10 heteroatoms. The van der Waals surface area contributed by atoms with Crippen LogP contribution in [-0.4, -0.2) is 32.8 Å². The molecule has 5 rings (SSSR count). The van der Waals surface area contributed by atoms with Gasteiger partial charge in [0.15, 0.2) is 5.43 Å². The highest BCUT2D eigenvalue weighted by molar-refractivity contribution is 7.15. The largest absolute Gasteiger partial charge is 0.463 e. The second kappa shape index (κ2) is 8.49. The van der Waals surface area contributed by atoms with Gasteiger partial charge in [0.05, 0.1) is 28.6 Å². The van der Waals surface area contributed by atoms with Crippen molar-refractivity contribution in [1.82, 2.24) is 15.1 Å². The van der Waals surface area contributed by atoms with Gasteiger partial charge in [-0.15, -0.1) is 10.2 Å². The first-order valence-electron chi connectivity index (χ1n) is 10.2. The van der Waals surface area contributed by atoms with Crippen LogP contribution in [0, 0.1) is 6.92 Å². The molecule has 1 N–H and O–H groups in total. The summed E-state index contributed by atoms with van der Waals surface area (Å²) >= 11 is 1.04. The summed E-state index contributed by atoms with van der Waals surface area (Å²) in [6.45, 7) is 1.83. The van der Waals surface area contributed by atoms with E-state index in [4.69, 9.17) is 4.42 Å². The monoisotopic (exact) mass is 472 g/mol. The maximum atomic E-state index is 12.6. The Hall–Kier alpha value is -4.44. The van der Waals surface area contributed by atoms with Gasteiger partial charge in [-0.3, -0.25) is 29.4 Å². The third kappa shape index (κ3) is 3.90. The van der Waals surface area contributed by atoms with Gasteiger partial charge in [0.2, 0.25) is 11.0 Å². The van der Waals surface area contributed by atoms with Crippen molar-refractivity contribution in [3.8, 4) is 0 Å². The van der Waals surface area contributed by atoms with Gasteiger partial charge in [-0.25, -0.2) is 0 Å². The Bertz CT molecular complexity index is 1530. The zero-order valence-electron chi connectivity index (χ0n) is 17.8. The third-order valence-corrected chi connectivity index (χ3v) is 6.06. The number of hydrogen-bond donors (Lipinski definition) is 1. The first kappa shape index (κ1) is 21.4. The number of nitrogens with zero attached hydrogens (tertiary/aromatic N) is 3. The van der Waals surface area contributed by atoms with Crippen molar-refractivity contribution >= 4 is 51.2 Å². The maximum Gasteiger partial charge on any atom is 0.261 e. The van der Waals surface area contributed by atoms with Crippen LogP contribution in [0.25, 0.3) is 17.0 Å². The molecule has 0 aliphatic carbocycles. The Morgan fingerprint density at radius 1 is 1.09 bits per heavy atom. The Kier molecular flexibility index (Phi) is 5.34. The van der Waals surface area contributed by atoms with E-state index < -0.39 is 17.7 Å². The fraction of sp³-hybridized carbons (Fsp3) is 0.0833. The van der Waals surface area contributed by atoms with Crippen molar-refractivity contribution in [2.45, 2.75) is 13.5 Å². The minimum Gasteiger partial charge on any atom is -0.463 e. The molecular formula is C24H16N4O5S. The molecule has 0 unspecified atom stereocenters. The Balaban J connectivity index is 1.26. The highest BCUT2D eigenvalue weighted by atomic mass is 32.1. The van der Waals surface area contributed by atoms with E-state index in [0.29, 0.717) is 27.1 Å². The summed E-state index contributed by atoms with van der Waals surface area (Å²) in [6, 6.07) is 11.9. The van der Waals surface area contributed by atoms with E-state index >= 15 is 0 Å². The second-order valence-corrected chi connectivity index (χ2v) is 8.65. The first-order valence-corrected chi connectivity index (χ1v) is 11.0. The number of fused-ring (bicyclic) bond motifs is 2. The van der Waals surface area contributed by atoms with Gasteiger partial charge < -0.3 is 4.42 Å². The Labute approximate surface area is 196 Å². The fourth-order valence-electron chi connectivity index (χ4n) is 3.57. The Morgan fingerprint density at radius 3 is 2.56 bits per heavy atom. The molecule has 0 atom stereocenters. The van der Waals surface area contributed by atoms with Gasteiger partial charge in [0.25, 0.3) is 11.8 Å². The summed E-state index contributed by atoms with van der Waals surface area (Å²) in [4.78, 5) is 51.0. The molecule has 4 aromatic rings. The molecule has 0 saturated heterocycles. The predicted octanol–water partition coefficient (Wildman–Crippen LogP) is 3.40. The number of carbonyl (C=O) groups is 3. The number of aryl methyl sites for hydroxylation is 1. The van der Waals surface area contributed by atoms with Crippen LogP contribution < -0.4 is 10.7 Å². The minimum atomic E-state index is -0.521. The molecule has 1 aliphatic heterocycles. The van der Waals surface area contributed by atoms with E-state index in [1.165, 1.54) is 18.4 Å². The number of nitrogens with one attached hydrogen (secondary N) is 1. The van der Waals surface area contributed by atoms with Crippen LogP contribution in [0.1, 0.15) is 36.9 Å². The van der Waals surface area contributed by atoms with E-state index in [0.717, 1.165) is 21.8 Å². The quantitative estimate of drug-likeness (QED) is 0.349. The van der Waals surface area contributed by atoms with Crippen LogP contribution in [0.4, 0.5) is 5.13 Å². The summed E-state index contributed by atoms with van der Waals surface area (Å²) in [5, 5.41) is 11.4. The van der Waals surface area contributed by atoms with Crippen LogP contribution >= 0.6 is 11.3 Å². The van der Waals surface area contributed by atoms with Gasteiger partial charge in [0, 0.05) is 6.08 Å². The first-order chi connectivity index (χ1) is 16.4. The SMILES string of the molecule is Cc1ccc2occ(/C=C/C(=O)Nc3nnc(CN4C(=O)c5ccccc5C4=O)s3)c(=O)c2c1. The normalized spacial score (nSPS) is 13.1. The number of imide groups is 1.